The Balaban J connectivity index is 2.78. The second-order valence-corrected chi connectivity index (χ2v) is 4.34. The van der Waals surface area contributed by atoms with E-state index in [1.807, 2.05) is 5.32 Å². The molecule has 17 heavy (non-hydrogen) atoms. The number of imide groups is 1. The van der Waals surface area contributed by atoms with Crippen molar-refractivity contribution in [2.24, 2.45) is 0 Å². The first-order valence-corrected chi connectivity index (χ1v) is 5.89. The number of alkyl halides is 1. The van der Waals surface area contributed by atoms with Crippen LogP contribution in [-0.4, -0.2) is 17.8 Å². The molecule has 0 atom stereocenters. The molecule has 1 aromatic carbocycles. The number of hydrogen-bond acceptors (Lipinski definition) is 2. The fourth-order valence-electron chi connectivity index (χ4n) is 1.09. The minimum Gasteiger partial charge on any atom is -0.307 e. The zero-order valence-electron chi connectivity index (χ0n) is 8.81. The Morgan fingerprint density at radius 2 is 2.12 bits per heavy atom. The monoisotopic (exact) mass is 322 g/mol. The second-order valence-electron chi connectivity index (χ2n) is 3.22. The van der Waals surface area contributed by atoms with Crippen molar-refractivity contribution in [3.05, 3.63) is 28.0 Å². The van der Waals surface area contributed by atoms with Gasteiger partial charge in [0.25, 0.3) is 0 Å². The highest BCUT2D eigenvalue weighted by molar-refractivity contribution is 9.10. The van der Waals surface area contributed by atoms with E-state index in [9.17, 15) is 14.0 Å². The van der Waals surface area contributed by atoms with Gasteiger partial charge in [-0.25, -0.2) is 9.18 Å². The van der Waals surface area contributed by atoms with Crippen LogP contribution in [0, 0.1) is 12.7 Å². The molecule has 0 unspecified atom stereocenters. The summed E-state index contributed by atoms with van der Waals surface area (Å²) in [6.07, 6.45) is 0. The van der Waals surface area contributed by atoms with Crippen molar-refractivity contribution in [1.82, 2.24) is 5.32 Å². The van der Waals surface area contributed by atoms with Crippen LogP contribution in [0.2, 0.25) is 0 Å². The molecule has 4 nitrogen and oxygen atoms in total. The molecule has 0 heterocycles. The van der Waals surface area contributed by atoms with Gasteiger partial charge < -0.3 is 5.32 Å². The van der Waals surface area contributed by atoms with E-state index in [0.717, 1.165) is 6.07 Å². The number of nitrogens with one attached hydrogen (secondary N) is 2. The zero-order chi connectivity index (χ0) is 13.0. The van der Waals surface area contributed by atoms with Gasteiger partial charge in [-0.15, -0.1) is 11.6 Å². The number of carbonyl (C=O) groups excluding carboxylic acids is 2. The third-order valence-electron chi connectivity index (χ3n) is 1.89. The van der Waals surface area contributed by atoms with Crippen LogP contribution in [0.1, 0.15) is 5.56 Å². The Kier molecular flexibility index (Phi) is 4.89. The van der Waals surface area contributed by atoms with E-state index in [-0.39, 0.29) is 11.6 Å². The molecule has 0 fully saturated rings. The van der Waals surface area contributed by atoms with Crippen molar-refractivity contribution in [2.45, 2.75) is 6.92 Å². The molecule has 0 radical (unpaired) electrons. The number of amides is 3. The van der Waals surface area contributed by atoms with E-state index in [1.165, 1.54) is 6.07 Å². The maximum absolute atomic E-state index is 13.2. The summed E-state index contributed by atoms with van der Waals surface area (Å²) in [6, 6.07) is 1.93. The van der Waals surface area contributed by atoms with Crippen LogP contribution in [0.25, 0.3) is 0 Å². The van der Waals surface area contributed by atoms with Gasteiger partial charge in [-0.2, -0.15) is 0 Å². The summed E-state index contributed by atoms with van der Waals surface area (Å²) in [7, 11) is 0. The van der Waals surface area contributed by atoms with E-state index in [1.54, 1.807) is 6.92 Å². The molecule has 92 valence electrons. The van der Waals surface area contributed by atoms with E-state index in [4.69, 9.17) is 11.6 Å². The van der Waals surface area contributed by atoms with Crippen molar-refractivity contribution in [2.75, 3.05) is 11.2 Å². The van der Waals surface area contributed by atoms with E-state index >= 15 is 0 Å². The molecule has 7 heteroatoms. The average molecular weight is 324 g/mol. The molecule has 0 aliphatic heterocycles. The van der Waals surface area contributed by atoms with Crippen molar-refractivity contribution in [3.63, 3.8) is 0 Å². The van der Waals surface area contributed by atoms with E-state index < -0.39 is 17.8 Å². The van der Waals surface area contributed by atoms with Crippen LogP contribution >= 0.6 is 27.5 Å². The molecule has 0 aromatic heterocycles. The normalized spacial score (nSPS) is 9.88. The summed E-state index contributed by atoms with van der Waals surface area (Å²) in [5.41, 5.74) is 0.942. The molecule has 0 aliphatic carbocycles. The standard InChI is InChI=1S/C10H9BrClFN2O2/c1-5-2-6(11)7(13)3-8(5)14-10(17)15-9(16)4-12/h2-3H,4H2,1H3,(H2,14,15,16,17). The molecular weight excluding hydrogens is 314 g/mol. The lowest BCUT2D eigenvalue weighted by molar-refractivity contribution is -0.117. The van der Waals surface area contributed by atoms with Crippen LogP contribution in [0.4, 0.5) is 14.9 Å². The predicted molar refractivity (Wildman–Crippen MR) is 66.7 cm³/mol. The van der Waals surface area contributed by atoms with Gasteiger partial charge in [0, 0.05) is 5.69 Å². The number of halogens is 3. The summed E-state index contributed by atoms with van der Waals surface area (Å²) in [5, 5.41) is 4.34. The van der Waals surface area contributed by atoms with E-state index in [2.05, 4.69) is 21.2 Å². The fourth-order valence-corrected chi connectivity index (χ4v) is 1.62. The average Bonchev–Trinajstić information content (AvgIpc) is 2.25. The summed E-state index contributed by atoms with van der Waals surface area (Å²) >= 11 is 8.24. The Bertz CT molecular complexity index is 468. The summed E-state index contributed by atoms with van der Waals surface area (Å²) < 4.78 is 13.5. The van der Waals surface area contributed by atoms with Gasteiger partial charge in [0.15, 0.2) is 0 Å². The Labute approximate surface area is 111 Å². The third-order valence-corrected chi connectivity index (χ3v) is 2.74. The first-order chi connectivity index (χ1) is 7.93. The van der Waals surface area contributed by atoms with Gasteiger partial charge >= 0.3 is 6.03 Å². The molecule has 1 aromatic rings. The van der Waals surface area contributed by atoms with Crippen molar-refractivity contribution < 1.29 is 14.0 Å². The highest BCUT2D eigenvalue weighted by atomic mass is 79.9. The van der Waals surface area contributed by atoms with Crippen LogP contribution < -0.4 is 10.6 Å². The topological polar surface area (TPSA) is 58.2 Å². The molecule has 0 aliphatic rings. The number of benzene rings is 1. The van der Waals surface area contributed by atoms with Gasteiger partial charge in [-0.1, -0.05) is 0 Å². The van der Waals surface area contributed by atoms with Crippen molar-refractivity contribution in [1.29, 1.82) is 0 Å². The lowest BCUT2D eigenvalue weighted by Crippen LogP contribution is -2.35. The van der Waals surface area contributed by atoms with Crippen molar-refractivity contribution >= 4 is 45.2 Å². The number of anilines is 1. The highest BCUT2D eigenvalue weighted by Gasteiger charge is 2.10. The fraction of sp³-hybridized carbons (Fsp3) is 0.200. The molecule has 1 rings (SSSR count). The lowest BCUT2D eigenvalue weighted by atomic mass is 10.2. The third kappa shape index (κ3) is 3.98. The van der Waals surface area contributed by atoms with Gasteiger partial charge in [0.05, 0.1) is 4.47 Å². The number of aryl methyl sites for hydroxylation is 1. The van der Waals surface area contributed by atoms with Gasteiger partial charge in [0.1, 0.15) is 11.7 Å². The first-order valence-electron chi connectivity index (χ1n) is 4.56. The van der Waals surface area contributed by atoms with E-state index in [0.29, 0.717) is 10.0 Å². The van der Waals surface area contributed by atoms with Gasteiger partial charge in [0.2, 0.25) is 5.91 Å². The van der Waals surface area contributed by atoms with Gasteiger partial charge in [-0.05, 0) is 40.5 Å². The second kappa shape index (κ2) is 5.97. The molecule has 3 amide bonds. The highest BCUT2D eigenvalue weighted by Crippen LogP contribution is 2.23. The van der Waals surface area contributed by atoms with Crippen LogP contribution in [0.3, 0.4) is 0 Å². The van der Waals surface area contributed by atoms with Crippen LogP contribution in [0.5, 0.6) is 0 Å². The minimum atomic E-state index is -0.750. The maximum atomic E-state index is 13.2. The molecule has 0 saturated carbocycles. The SMILES string of the molecule is Cc1cc(Br)c(F)cc1NC(=O)NC(=O)CCl. The summed E-state index contributed by atoms with van der Waals surface area (Å²) in [6.45, 7) is 1.70. The Morgan fingerprint density at radius 1 is 1.47 bits per heavy atom. The quantitative estimate of drug-likeness (QED) is 0.822. The maximum Gasteiger partial charge on any atom is 0.325 e. The Hall–Kier alpha value is -1.14. The summed E-state index contributed by atoms with van der Waals surface area (Å²) in [4.78, 5) is 22.1. The van der Waals surface area contributed by atoms with Crippen LogP contribution in [0.15, 0.2) is 16.6 Å². The van der Waals surface area contributed by atoms with Crippen molar-refractivity contribution in [3.8, 4) is 0 Å². The Morgan fingerprint density at radius 3 is 2.71 bits per heavy atom. The van der Waals surface area contributed by atoms with Gasteiger partial charge in [-0.3, -0.25) is 10.1 Å². The zero-order valence-corrected chi connectivity index (χ0v) is 11.2. The number of hydrogen-bond donors (Lipinski definition) is 2. The molecule has 0 saturated heterocycles. The number of carbonyl (C=O) groups is 2. The van der Waals surface area contributed by atoms with Crippen LogP contribution in [-0.2, 0) is 4.79 Å². The number of rotatable bonds is 2. The predicted octanol–water partition coefficient (Wildman–Crippen LogP) is 2.78. The molecule has 2 N–H and O–H groups in total. The first kappa shape index (κ1) is 13.9. The minimum absolute atomic E-state index is 0.283. The molecule has 0 bridgehead atoms. The largest absolute Gasteiger partial charge is 0.325 e. The number of urea groups is 1. The molecular formula is C10H9BrClFN2O2. The summed E-state index contributed by atoms with van der Waals surface area (Å²) in [5.74, 6) is -1.45. The smallest absolute Gasteiger partial charge is 0.307 e. The lowest BCUT2D eigenvalue weighted by Gasteiger charge is -2.09. The molecule has 0 spiro atoms.